The summed E-state index contributed by atoms with van der Waals surface area (Å²) in [6.07, 6.45) is -1.98. The molecule has 0 bridgehead atoms. The molecule has 0 aliphatic carbocycles. The average Bonchev–Trinajstić information content (AvgIpc) is 2.29. The first-order valence-electron chi connectivity index (χ1n) is 5.25. The molecule has 1 atom stereocenters. The summed E-state index contributed by atoms with van der Waals surface area (Å²) in [6.45, 7) is 5.30. The van der Waals surface area contributed by atoms with Gasteiger partial charge in [0.05, 0.1) is 0 Å². The SMILES string of the molecule is CCC(=O)C(F)C(=O)c1ccc(C)c(C)c1. The van der Waals surface area contributed by atoms with Crippen molar-refractivity contribution in [2.45, 2.75) is 33.4 Å². The van der Waals surface area contributed by atoms with E-state index in [0.29, 0.717) is 0 Å². The van der Waals surface area contributed by atoms with Crippen molar-refractivity contribution in [2.75, 3.05) is 0 Å². The maximum atomic E-state index is 13.4. The lowest BCUT2D eigenvalue weighted by molar-refractivity contribution is -0.121. The summed E-state index contributed by atoms with van der Waals surface area (Å²) in [7, 11) is 0. The smallest absolute Gasteiger partial charge is 0.220 e. The largest absolute Gasteiger partial charge is 0.296 e. The quantitative estimate of drug-likeness (QED) is 0.580. The molecular weight excluding hydrogens is 207 g/mol. The molecule has 1 aromatic rings. The first kappa shape index (κ1) is 12.6. The minimum atomic E-state index is -2.02. The predicted molar refractivity (Wildman–Crippen MR) is 60.4 cm³/mol. The zero-order valence-electron chi connectivity index (χ0n) is 9.71. The second-order valence-electron chi connectivity index (χ2n) is 3.85. The Morgan fingerprint density at radius 1 is 1.25 bits per heavy atom. The molecule has 0 saturated heterocycles. The second kappa shape index (κ2) is 5.01. The minimum Gasteiger partial charge on any atom is -0.296 e. The van der Waals surface area contributed by atoms with Gasteiger partial charge in [0.25, 0.3) is 0 Å². The molecule has 0 spiro atoms. The van der Waals surface area contributed by atoms with Crippen LogP contribution in [0.1, 0.15) is 34.8 Å². The van der Waals surface area contributed by atoms with Crippen molar-refractivity contribution < 1.29 is 14.0 Å². The normalized spacial score (nSPS) is 12.2. The van der Waals surface area contributed by atoms with Crippen molar-refractivity contribution in [3.63, 3.8) is 0 Å². The van der Waals surface area contributed by atoms with E-state index in [1.54, 1.807) is 25.1 Å². The maximum absolute atomic E-state index is 13.4. The van der Waals surface area contributed by atoms with Crippen LogP contribution in [0.25, 0.3) is 0 Å². The van der Waals surface area contributed by atoms with Crippen LogP contribution in [0.4, 0.5) is 4.39 Å². The monoisotopic (exact) mass is 222 g/mol. The number of Topliss-reactive ketones (excluding diaryl/α,β-unsaturated/α-hetero) is 2. The molecular formula is C13H15FO2. The van der Waals surface area contributed by atoms with Crippen molar-refractivity contribution in [2.24, 2.45) is 0 Å². The first-order chi connectivity index (χ1) is 7.47. The minimum absolute atomic E-state index is 0.0394. The highest BCUT2D eigenvalue weighted by Gasteiger charge is 2.25. The summed E-state index contributed by atoms with van der Waals surface area (Å²) in [4.78, 5) is 22.7. The zero-order valence-corrected chi connectivity index (χ0v) is 9.71. The van der Waals surface area contributed by atoms with Gasteiger partial charge in [-0.1, -0.05) is 19.1 Å². The highest BCUT2D eigenvalue weighted by Crippen LogP contribution is 2.13. The Kier molecular flexibility index (Phi) is 3.93. The lowest BCUT2D eigenvalue weighted by atomic mass is 9.99. The number of hydrogen-bond acceptors (Lipinski definition) is 2. The average molecular weight is 222 g/mol. The summed E-state index contributed by atoms with van der Waals surface area (Å²) in [5, 5.41) is 0. The van der Waals surface area contributed by atoms with E-state index in [4.69, 9.17) is 0 Å². The van der Waals surface area contributed by atoms with Crippen LogP contribution in [-0.4, -0.2) is 17.7 Å². The van der Waals surface area contributed by atoms with E-state index in [9.17, 15) is 14.0 Å². The maximum Gasteiger partial charge on any atom is 0.220 e. The fourth-order valence-electron chi connectivity index (χ4n) is 1.37. The molecule has 0 fully saturated rings. The van der Waals surface area contributed by atoms with Gasteiger partial charge in [-0.3, -0.25) is 9.59 Å². The Bertz CT molecular complexity index is 424. The predicted octanol–water partition coefficient (Wildman–Crippen LogP) is 2.80. The molecule has 1 unspecified atom stereocenters. The third kappa shape index (κ3) is 2.54. The summed E-state index contributed by atoms with van der Waals surface area (Å²) < 4.78 is 13.4. The number of carbonyl (C=O) groups is 2. The number of ketones is 2. The van der Waals surface area contributed by atoms with Crippen molar-refractivity contribution in [3.8, 4) is 0 Å². The van der Waals surface area contributed by atoms with Gasteiger partial charge in [-0.15, -0.1) is 0 Å². The number of carbonyl (C=O) groups excluding carboxylic acids is 2. The van der Waals surface area contributed by atoms with E-state index in [1.165, 1.54) is 0 Å². The standard InChI is InChI=1S/C13H15FO2/c1-4-11(15)12(14)13(16)10-6-5-8(2)9(3)7-10/h5-7,12H,4H2,1-3H3. The van der Waals surface area contributed by atoms with Gasteiger partial charge in [-0.05, 0) is 31.0 Å². The Labute approximate surface area is 94.5 Å². The lowest BCUT2D eigenvalue weighted by Gasteiger charge is -2.07. The summed E-state index contributed by atoms with van der Waals surface area (Å²) in [6, 6.07) is 4.93. The number of hydrogen-bond donors (Lipinski definition) is 0. The molecule has 0 aromatic heterocycles. The van der Waals surface area contributed by atoms with Gasteiger partial charge in [0.1, 0.15) is 0 Å². The van der Waals surface area contributed by atoms with Crippen LogP contribution < -0.4 is 0 Å². The van der Waals surface area contributed by atoms with Crippen LogP contribution in [0.5, 0.6) is 0 Å². The highest BCUT2D eigenvalue weighted by molar-refractivity contribution is 6.13. The number of benzene rings is 1. The van der Waals surface area contributed by atoms with Gasteiger partial charge < -0.3 is 0 Å². The molecule has 86 valence electrons. The molecule has 3 heteroatoms. The van der Waals surface area contributed by atoms with E-state index >= 15 is 0 Å². The van der Waals surface area contributed by atoms with Gasteiger partial charge in [-0.2, -0.15) is 0 Å². The second-order valence-corrected chi connectivity index (χ2v) is 3.85. The van der Waals surface area contributed by atoms with Gasteiger partial charge in [0.15, 0.2) is 5.78 Å². The molecule has 0 aliphatic heterocycles. The van der Waals surface area contributed by atoms with Crippen LogP contribution in [0.3, 0.4) is 0 Å². The molecule has 0 heterocycles. The zero-order chi connectivity index (χ0) is 12.3. The lowest BCUT2D eigenvalue weighted by Crippen LogP contribution is -2.25. The molecule has 16 heavy (non-hydrogen) atoms. The molecule has 2 nitrogen and oxygen atoms in total. The van der Waals surface area contributed by atoms with Gasteiger partial charge >= 0.3 is 0 Å². The van der Waals surface area contributed by atoms with Crippen LogP contribution >= 0.6 is 0 Å². The Morgan fingerprint density at radius 2 is 1.88 bits per heavy atom. The fraction of sp³-hybridized carbons (Fsp3) is 0.385. The van der Waals surface area contributed by atoms with Crippen LogP contribution in [0.15, 0.2) is 18.2 Å². The Morgan fingerprint density at radius 3 is 2.38 bits per heavy atom. The number of alkyl halides is 1. The molecule has 0 N–H and O–H groups in total. The molecule has 0 radical (unpaired) electrons. The van der Waals surface area contributed by atoms with Crippen molar-refractivity contribution >= 4 is 11.6 Å². The Balaban J connectivity index is 2.97. The van der Waals surface area contributed by atoms with Gasteiger partial charge in [-0.25, -0.2) is 4.39 Å². The topological polar surface area (TPSA) is 34.1 Å². The van der Waals surface area contributed by atoms with E-state index < -0.39 is 17.7 Å². The van der Waals surface area contributed by atoms with Crippen molar-refractivity contribution in [1.82, 2.24) is 0 Å². The summed E-state index contributed by atoms with van der Waals surface area (Å²) in [5.74, 6) is -1.40. The van der Waals surface area contributed by atoms with Crippen LogP contribution in [0, 0.1) is 13.8 Å². The summed E-state index contributed by atoms with van der Waals surface area (Å²) >= 11 is 0. The van der Waals surface area contributed by atoms with E-state index in [-0.39, 0.29) is 12.0 Å². The molecule has 1 rings (SSSR count). The van der Waals surface area contributed by atoms with Crippen LogP contribution in [-0.2, 0) is 4.79 Å². The molecule has 0 amide bonds. The molecule has 1 aromatic carbocycles. The van der Waals surface area contributed by atoms with E-state index in [1.807, 2.05) is 13.8 Å². The fourth-order valence-corrected chi connectivity index (χ4v) is 1.37. The van der Waals surface area contributed by atoms with Crippen molar-refractivity contribution in [3.05, 3.63) is 34.9 Å². The number of halogens is 1. The highest BCUT2D eigenvalue weighted by atomic mass is 19.1. The van der Waals surface area contributed by atoms with E-state index in [0.717, 1.165) is 11.1 Å². The summed E-state index contributed by atoms with van der Waals surface area (Å²) in [5.41, 5.74) is 2.22. The third-order valence-electron chi connectivity index (χ3n) is 2.65. The van der Waals surface area contributed by atoms with Crippen LogP contribution in [0.2, 0.25) is 0 Å². The molecule has 0 aliphatic rings. The van der Waals surface area contributed by atoms with Gasteiger partial charge in [0, 0.05) is 12.0 Å². The third-order valence-corrected chi connectivity index (χ3v) is 2.65. The van der Waals surface area contributed by atoms with Gasteiger partial charge in [0.2, 0.25) is 12.0 Å². The molecule has 0 saturated carbocycles. The first-order valence-corrected chi connectivity index (χ1v) is 5.25. The van der Waals surface area contributed by atoms with Crippen molar-refractivity contribution in [1.29, 1.82) is 0 Å². The Hall–Kier alpha value is -1.51. The number of rotatable bonds is 4. The number of aryl methyl sites for hydroxylation is 2. The van der Waals surface area contributed by atoms with E-state index in [2.05, 4.69) is 0 Å².